The van der Waals surface area contributed by atoms with Gasteiger partial charge in [0, 0.05) is 19.3 Å². The number of rotatable bonds is 50. The van der Waals surface area contributed by atoms with E-state index in [9.17, 15) is 14.4 Å². The molecule has 0 rings (SSSR count). The third-order valence-corrected chi connectivity index (χ3v) is 11.9. The molecule has 1 unspecified atom stereocenters. The molecule has 6 heteroatoms. The fourth-order valence-corrected chi connectivity index (χ4v) is 7.71. The van der Waals surface area contributed by atoms with Crippen LogP contribution in [-0.2, 0) is 28.6 Å². The zero-order chi connectivity index (χ0) is 48.6. The molecule has 0 radical (unpaired) electrons. The first kappa shape index (κ1) is 63.6. The molecule has 0 aromatic carbocycles. The molecule has 0 aromatic rings. The number of carbonyl (C=O) groups excluding carboxylic acids is 3. The fraction of sp³-hybridized carbons (Fsp3) is 0.721. The highest BCUT2D eigenvalue weighted by Gasteiger charge is 2.19. The molecule has 0 fully saturated rings. The van der Waals surface area contributed by atoms with Gasteiger partial charge in [0.15, 0.2) is 6.10 Å². The minimum absolute atomic E-state index is 0.0949. The maximum Gasteiger partial charge on any atom is 0.306 e. The Bertz CT molecular complexity index is 1300. The van der Waals surface area contributed by atoms with E-state index in [-0.39, 0.29) is 31.1 Å². The summed E-state index contributed by atoms with van der Waals surface area (Å²) < 4.78 is 16.8. The van der Waals surface area contributed by atoms with Gasteiger partial charge in [0.25, 0.3) is 0 Å². The summed E-state index contributed by atoms with van der Waals surface area (Å²) in [7, 11) is 0. The zero-order valence-electron chi connectivity index (χ0n) is 43.9. The summed E-state index contributed by atoms with van der Waals surface area (Å²) in [6.07, 6.45) is 71.4. The quantitative estimate of drug-likeness (QED) is 0.0199. The second-order valence-electron chi connectivity index (χ2n) is 18.5. The van der Waals surface area contributed by atoms with E-state index in [1.807, 2.05) is 30.4 Å². The molecule has 0 saturated carbocycles. The molecule has 0 aliphatic heterocycles. The summed E-state index contributed by atoms with van der Waals surface area (Å²) in [5.74, 6) is -0.943. The molecule has 6 nitrogen and oxygen atoms in total. The van der Waals surface area contributed by atoms with Crippen LogP contribution < -0.4 is 0 Å². The molecule has 1 atom stereocenters. The van der Waals surface area contributed by atoms with E-state index in [0.717, 1.165) is 83.5 Å². The lowest BCUT2D eigenvalue weighted by Crippen LogP contribution is -2.30. The Morgan fingerprint density at radius 2 is 0.642 bits per heavy atom. The van der Waals surface area contributed by atoms with E-state index >= 15 is 0 Å². The van der Waals surface area contributed by atoms with Crippen LogP contribution in [0.15, 0.2) is 85.1 Å². The Kier molecular flexibility index (Phi) is 52.4. The van der Waals surface area contributed by atoms with Crippen LogP contribution >= 0.6 is 0 Å². The number of carbonyl (C=O) groups is 3. The number of unbranched alkanes of at least 4 members (excludes halogenated alkanes) is 28. The highest BCUT2D eigenvalue weighted by Crippen LogP contribution is 2.15. The minimum atomic E-state index is -0.799. The topological polar surface area (TPSA) is 78.9 Å². The average Bonchev–Trinajstić information content (AvgIpc) is 3.33. The molecular formula is C61H104O6. The second-order valence-corrected chi connectivity index (χ2v) is 18.5. The van der Waals surface area contributed by atoms with Crippen LogP contribution in [0.25, 0.3) is 0 Å². The van der Waals surface area contributed by atoms with Gasteiger partial charge in [-0.05, 0) is 96.3 Å². The predicted octanol–water partition coefficient (Wildman–Crippen LogP) is 18.8. The standard InChI is InChI=1S/C61H104O6/c1-4-7-10-13-16-19-22-25-27-29-30-32-33-36-39-42-45-48-51-54-60(63)66-57-58(56-65-59(62)53-50-47-44-41-38-35-24-21-18-15-12-9-6-3)67-61(64)55-52-49-46-43-40-37-34-31-28-26-23-20-17-14-11-8-5-2/h9,12,15,17-18,20-21,24,26,28-30,35,38,58H,4-8,10-11,13-14,16,19,22-23,25,27,31-34,36-37,39-57H2,1-3H3/b12-9-,18-15-,20-17-,24-21-,28-26-,30-29-,38-35-. The van der Waals surface area contributed by atoms with Gasteiger partial charge in [0.2, 0.25) is 0 Å². The van der Waals surface area contributed by atoms with Crippen molar-refractivity contribution in [3.05, 3.63) is 85.1 Å². The van der Waals surface area contributed by atoms with Gasteiger partial charge in [-0.3, -0.25) is 14.4 Å². The SMILES string of the molecule is CC\C=C/C=C\C=C/C=C\CCCCCC(=O)OCC(COC(=O)CCCCCCCCC/C=C\CCCCCCCCCC)OC(=O)CCCCCCCCC/C=C\C/C=C\CCCCC. The highest BCUT2D eigenvalue weighted by molar-refractivity contribution is 5.71. The van der Waals surface area contributed by atoms with Crippen LogP contribution in [-0.4, -0.2) is 37.2 Å². The lowest BCUT2D eigenvalue weighted by molar-refractivity contribution is -0.167. The molecule has 0 aliphatic rings. The molecule has 0 aliphatic carbocycles. The van der Waals surface area contributed by atoms with Gasteiger partial charge >= 0.3 is 17.9 Å². The van der Waals surface area contributed by atoms with Gasteiger partial charge < -0.3 is 14.2 Å². The number of esters is 3. The van der Waals surface area contributed by atoms with Crippen molar-refractivity contribution in [2.75, 3.05) is 13.2 Å². The highest BCUT2D eigenvalue weighted by atomic mass is 16.6. The van der Waals surface area contributed by atoms with Crippen molar-refractivity contribution in [1.82, 2.24) is 0 Å². The molecule has 384 valence electrons. The lowest BCUT2D eigenvalue weighted by atomic mass is 10.1. The molecule has 0 saturated heterocycles. The monoisotopic (exact) mass is 933 g/mol. The third kappa shape index (κ3) is 53.4. The van der Waals surface area contributed by atoms with Crippen molar-refractivity contribution in [1.29, 1.82) is 0 Å². The van der Waals surface area contributed by atoms with E-state index in [1.54, 1.807) is 0 Å². The average molecular weight is 933 g/mol. The molecular weight excluding hydrogens is 829 g/mol. The normalized spacial score (nSPS) is 12.7. The van der Waals surface area contributed by atoms with Gasteiger partial charge in [-0.15, -0.1) is 0 Å². The summed E-state index contributed by atoms with van der Waals surface area (Å²) in [5.41, 5.74) is 0. The van der Waals surface area contributed by atoms with Gasteiger partial charge in [0.1, 0.15) is 13.2 Å². The zero-order valence-corrected chi connectivity index (χ0v) is 43.9. The van der Waals surface area contributed by atoms with Crippen LogP contribution in [0, 0.1) is 0 Å². The van der Waals surface area contributed by atoms with E-state index in [1.165, 1.54) is 141 Å². The van der Waals surface area contributed by atoms with E-state index < -0.39 is 6.10 Å². The molecule has 0 aromatic heterocycles. The molecule has 67 heavy (non-hydrogen) atoms. The first-order valence-corrected chi connectivity index (χ1v) is 28.1. The van der Waals surface area contributed by atoms with Crippen molar-refractivity contribution in [3.8, 4) is 0 Å². The maximum absolute atomic E-state index is 12.8. The Morgan fingerprint density at radius 3 is 1.09 bits per heavy atom. The molecule has 0 amide bonds. The number of hydrogen-bond acceptors (Lipinski definition) is 6. The van der Waals surface area contributed by atoms with Crippen LogP contribution in [0.1, 0.15) is 265 Å². The third-order valence-electron chi connectivity index (χ3n) is 11.9. The van der Waals surface area contributed by atoms with Crippen molar-refractivity contribution in [3.63, 3.8) is 0 Å². The molecule has 0 bridgehead atoms. The Morgan fingerprint density at radius 1 is 0.328 bits per heavy atom. The van der Waals surface area contributed by atoms with Crippen LogP contribution in [0.4, 0.5) is 0 Å². The van der Waals surface area contributed by atoms with Crippen LogP contribution in [0.5, 0.6) is 0 Å². The Balaban J connectivity index is 4.42. The minimum Gasteiger partial charge on any atom is -0.462 e. The van der Waals surface area contributed by atoms with Crippen molar-refractivity contribution in [2.24, 2.45) is 0 Å². The van der Waals surface area contributed by atoms with Crippen LogP contribution in [0.3, 0.4) is 0 Å². The van der Waals surface area contributed by atoms with Gasteiger partial charge in [0.05, 0.1) is 0 Å². The van der Waals surface area contributed by atoms with Gasteiger partial charge in [-0.25, -0.2) is 0 Å². The summed E-state index contributed by atoms with van der Waals surface area (Å²) in [4.78, 5) is 38.1. The smallest absolute Gasteiger partial charge is 0.306 e. The molecule has 0 spiro atoms. The predicted molar refractivity (Wildman–Crippen MR) is 288 cm³/mol. The first-order chi connectivity index (χ1) is 33.0. The lowest BCUT2D eigenvalue weighted by Gasteiger charge is -2.18. The Hall–Kier alpha value is -3.41. The number of hydrogen-bond donors (Lipinski definition) is 0. The van der Waals surface area contributed by atoms with E-state index in [0.29, 0.717) is 19.3 Å². The van der Waals surface area contributed by atoms with Crippen LogP contribution in [0.2, 0.25) is 0 Å². The van der Waals surface area contributed by atoms with Crippen molar-refractivity contribution < 1.29 is 28.6 Å². The van der Waals surface area contributed by atoms with E-state index in [4.69, 9.17) is 14.2 Å². The second kappa shape index (κ2) is 55.2. The largest absolute Gasteiger partial charge is 0.462 e. The fourth-order valence-electron chi connectivity index (χ4n) is 7.71. The first-order valence-electron chi connectivity index (χ1n) is 28.1. The summed E-state index contributed by atoms with van der Waals surface area (Å²) in [6, 6.07) is 0. The molecule has 0 heterocycles. The van der Waals surface area contributed by atoms with Crippen molar-refractivity contribution in [2.45, 2.75) is 271 Å². The Labute approximate surface area is 414 Å². The van der Waals surface area contributed by atoms with Crippen molar-refractivity contribution >= 4 is 17.9 Å². The summed E-state index contributed by atoms with van der Waals surface area (Å²) >= 11 is 0. The molecule has 0 N–H and O–H groups in total. The van der Waals surface area contributed by atoms with Gasteiger partial charge in [-0.2, -0.15) is 0 Å². The maximum atomic E-state index is 12.8. The van der Waals surface area contributed by atoms with E-state index in [2.05, 4.69) is 75.5 Å². The van der Waals surface area contributed by atoms with Gasteiger partial charge in [-0.1, -0.05) is 234 Å². The number of ether oxygens (including phenoxy) is 3. The summed E-state index contributed by atoms with van der Waals surface area (Å²) in [5, 5.41) is 0. The number of allylic oxidation sites excluding steroid dienone is 14. The summed E-state index contributed by atoms with van der Waals surface area (Å²) in [6.45, 7) is 6.44.